The molecule has 1 aliphatic rings. The zero-order chi connectivity index (χ0) is 19.4. The molecule has 142 valence electrons. The van der Waals surface area contributed by atoms with E-state index >= 15 is 0 Å². The van der Waals surface area contributed by atoms with Gasteiger partial charge in [0.15, 0.2) is 0 Å². The number of carbonyl (C=O) groups excluding carboxylic acids is 2. The number of amides is 2. The molecule has 1 atom stereocenters. The van der Waals surface area contributed by atoms with Gasteiger partial charge in [0.05, 0.1) is 12.6 Å². The molecule has 3 rings (SSSR count). The minimum atomic E-state index is -2.84. The molecule has 0 saturated carbocycles. The van der Waals surface area contributed by atoms with Crippen molar-refractivity contribution in [3.05, 3.63) is 59.9 Å². The van der Waals surface area contributed by atoms with Crippen LogP contribution in [0.2, 0.25) is 0 Å². The number of nitrogens with zero attached hydrogens (tertiary/aromatic N) is 2. The second-order valence-electron chi connectivity index (χ2n) is 6.48. The number of pyridine rings is 1. The first-order valence-electron chi connectivity index (χ1n) is 8.52. The minimum absolute atomic E-state index is 0.160. The molecule has 2 N–H and O–H groups in total. The maximum absolute atomic E-state index is 13.1. The van der Waals surface area contributed by atoms with E-state index in [2.05, 4.69) is 15.6 Å². The number of aromatic nitrogens is 1. The molecule has 1 aromatic carbocycles. The van der Waals surface area contributed by atoms with Crippen LogP contribution >= 0.6 is 0 Å². The van der Waals surface area contributed by atoms with Crippen molar-refractivity contribution in [2.24, 2.45) is 0 Å². The van der Waals surface area contributed by atoms with Crippen LogP contribution in [-0.2, 0) is 11.3 Å². The van der Waals surface area contributed by atoms with E-state index < -0.39 is 30.8 Å². The second-order valence-corrected chi connectivity index (χ2v) is 6.48. The van der Waals surface area contributed by atoms with E-state index in [1.807, 2.05) is 0 Å². The average molecular weight is 374 g/mol. The molecule has 2 heterocycles. The second kappa shape index (κ2) is 7.79. The van der Waals surface area contributed by atoms with Crippen molar-refractivity contribution in [3.63, 3.8) is 0 Å². The van der Waals surface area contributed by atoms with Crippen LogP contribution in [0.5, 0.6) is 0 Å². The van der Waals surface area contributed by atoms with Gasteiger partial charge in [-0.3, -0.25) is 19.9 Å². The molecule has 1 aliphatic heterocycles. The van der Waals surface area contributed by atoms with Crippen molar-refractivity contribution in [3.8, 4) is 0 Å². The van der Waals surface area contributed by atoms with Gasteiger partial charge in [-0.05, 0) is 29.8 Å². The minimum Gasteiger partial charge on any atom is -0.351 e. The highest BCUT2D eigenvalue weighted by Gasteiger charge is 2.42. The van der Waals surface area contributed by atoms with Crippen LogP contribution in [0.1, 0.15) is 22.3 Å². The number of halogens is 2. The molecule has 0 spiro atoms. The summed E-state index contributed by atoms with van der Waals surface area (Å²) in [6.07, 6.45) is 2.63. The fourth-order valence-corrected chi connectivity index (χ4v) is 2.86. The monoisotopic (exact) mass is 374 g/mol. The van der Waals surface area contributed by atoms with Crippen molar-refractivity contribution in [1.29, 1.82) is 0 Å². The van der Waals surface area contributed by atoms with Gasteiger partial charge in [-0.1, -0.05) is 12.1 Å². The maximum Gasteiger partial charge on any atom is 0.262 e. The smallest absolute Gasteiger partial charge is 0.262 e. The molecule has 0 bridgehead atoms. The zero-order valence-electron chi connectivity index (χ0n) is 14.8. The summed E-state index contributed by atoms with van der Waals surface area (Å²) < 4.78 is 26.3. The Balaban J connectivity index is 1.56. The summed E-state index contributed by atoms with van der Waals surface area (Å²) in [5, 5.41) is 5.18. The Morgan fingerprint density at radius 1 is 1.22 bits per heavy atom. The SMILES string of the molecule is CN(C(=O)c1ccncc1)c1ccc(CNC(=O)C2CC(F)(F)CN2)cc1. The van der Waals surface area contributed by atoms with Gasteiger partial charge < -0.3 is 10.2 Å². The van der Waals surface area contributed by atoms with E-state index in [0.29, 0.717) is 11.3 Å². The molecule has 2 aromatic rings. The quantitative estimate of drug-likeness (QED) is 0.839. The first-order valence-corrected chi connectivity index (χ1v) is 8.52. The van der Waals surface area contributed by atoms with Crippen LogP contribution in [0.25, 0.3) is 0 Å². The average Bonchev–Trinajstić information content (AvgIpc) is 3.06. The molecule has 1 saturated heterocycles. The fraction of sp³-hybridized carbons (Fsp3) is 0.316. The third-order valence-electron chi connectivity index (χ3n) is 4.45. The Morgan fingerprint density at radius 2 is 1.89 bits per heavy atom. The molecule has 27 heavy (non-hydrogen) atoms. The fourth-order valence-electron chi connectivity index (χ4n) is 2.86. The van der Waals surface area contributed by atoms with Crippen molar-refractivity contribution in [2.45, 2.75) is 24.9 Å². The largest absolute Gasteiger partial charge is 0.351 e. The Kier molecular flexibility index (Phi) is 5.46. The standard InChI is InChI=1S/C19H20F2N4O2/c1-25(18(27)14-6-8-22-9-7-14)15-4-2-13(3-5-15)11-23-17(26)16-10-19(20,21)12-24-16/h2-9,16,24H,10-12H2,1H3,(H,23,26). The summed E-state index contributed by atoms with van der Waals surface area (Å²) in [5.74, 6) is -3.44. The third-order valence-corrected chi connectivity index (χ3v) is 4.45. The number of hydrogen-bond acceptors (Lipinski definition) is 4. The van der Waals surface area contributed by atoms with E-state index in [1.54, 1.807) is 55.8 Å². The Hall–Kier alpha value is -2.87. The first kappa shape index (κ1) is 18.9. The number of hydrogen-bond donors (Lipinski definition) is 2. The molecule has 6 nitrogen and oxygen atoms in total. The van der Waals surface area contributed by atoms with Crippen molar-refractivity contribution >= 4 is 17.5 Å². The molecule has 0 radical (unpaired) electrons. The number of rotatable bonds is 5. The number of alkyl halides is 2. The van der Waals surface area contributed by atoms with E-state index in [4.69, 9.17) is 0 Å². The van der Waals surface area contributed by atoms with Gasteiger partial charge in [-0.2, -0.15) is 0 Å². The highest BCUT2D eigenvalue weighted by molar-refractivity contribution is 6.05. The number of nitrogens with one attached hydrogen (secondary N) is 2. The summed E-state index contributed by atoms with van der Waals surface area (Å²) in [5.41, 5.74) is 2.04. The lowest BCUT2D eigenvalue weighted by Gasteiger charge is -2.18. The van der Waals surface area contributed by atoms with Gasteiger partial charge in [-0.25, -0.2) is 8.78 Å². The molecule has 1 fully saturated rings. The van der Waals surface area contributed by atoms with Crippen molar-refractivity contribution in [1.82, 2.24) is 15.6 Å². The van der Waals surface area contributed by atoms with E-state index in [1.165, 1.54) is 4.90 Å². The summed E-state index contributed by atoms with van der Waals surface area (Å²) in [7, 11) is 1.67. The lowest BCUT2D eigenvalue weighted by atomic mass is 10.1. The number of carbonyl (C=O) groups is 2. The van der Waals surface area contributed by atoms with Crippen LogP contribution in [-0.4, -0.2) is 42.4 Å². The van der Waals surface area contributed by atoms with Gasteiger partial charge >= 0.3 is 0 Å². The van der Waals surface area contributed by atoms with Gasteiger partial charge in [-0.15, -0.1) is 0 Å². The van der Waals surface area contributed by atoms with Crippen LogP contribution in [0.4, 0.5) is 14.5 Å². The summed E-state index contributed by atoms with van der Waals surface area (Å²) in [6, 6.07) is 9.51. The molecule has 2 amide bonds. The molecule has 8 heteroatoms. The summed E-state index contributed by atoms with van der Waals surface area (Å²) in [4.78, 5) is 29.8. The Morgan fingerprint density at radius 3 is 2.48 bits per heavy atom. The van der Waals surface area contributed by atoms with E-state index in [9.17, 15) is 18.4 Å². The summed E-state index contributed by atoms with van der Waals surface area (Å²) >= 11 is 0. The molecule has 0 aliphatic carbocycles. The van der Waals surface area contributed by atoms with Crippen LogP contribution < -0.4 is 15.5 Å². The first-order chi connectivity index (χ1) is 12.9. The molecule has 1 unspecified atom stereocenters. The predicted octanol–water partition coefficient (Wildman–Crippen LogP) is 1.97. The van der Waals surface area contributed by atoms with Gasteiger partial charge in [0.2, 0.25) is 5.91 Å². The zero-order valence-corrected chi connectivity index (χ0v) is 14.8. The Labute approximate surface area is 155 Å². The molecular formula is C19H20F2N4O2. The number of benzene rings is 1. The highest BCUT2D eigenvalue weighted by atomic mass is 19.3. The molecular weight excluding hydrogens is 354 g/mol. The van der Waals surface area contributed by atoms with Gasteiger partial charge in [0.25, 0.3) is 11.8 Å². The van der Waals surface area contributed by atoms with Crippen molar-refractivity contribution in [2.75, 3.05) is 18.5 Å². The number of anilines is 1. The Bertz CT molecular complexity index is 812. The van der Waals surface area contributed by atoms with Crippen molar-refractivity contribution < 1.29 is 18.4 Å². The van der Waals surface area contributed by atoms with Crippen LogP contribution in [0.15, 0.2) is 48.8 Å². The summed E-state index contributed by atoms with van der Waals surface area (Å²) in [6.45, 7) is -0.248. The van der Waals surface area contributed by atoms with Crippen LogP contribution in [0, 0.1) is 0 Å². The topological polar surface area (TPSA) is 74.3 Å². The van der Waals surface area contributed by atoms with Gasteiger partial charge in [0.1, 0.15) is 0 Å². The predicted molar refractivity (Wildman–Crippen MR) is 96.6 cm³/mol. The lowest BCUT2D eigenvalue weighted by molar-refractivity contribution is -0.123. The maximum atomic E-state index is 13.1. The van der Waals surface area contributed by atoms with E-state index in [-0.39, 0.29) is 12.5 Å². The lowest BCUT2D eigenvalue weighted by Crippen LogP contribution is -2.40. The normalized spacial score (nSPS) is 18.1. The third kappa shape index (κ3) is 4.65. The van der Waals surface area contributed by atoms with Crippen LogP contribution in [0.3, 0.4) is 0 Å². The van der Waals surface area contributed by atoms with Gasteiger partial charge in [0, 0.05) is 43.7 Å². The molecule has 1 aromatic heterocycles. The van der Waals surface area contributed by atoms with E-state index in [0.717, 1.165) is 5.56 Å². The highest BCUT2D eigenvalue weighted by Crippen LogP contribution is 2.25.